The van der Waals surface area contributed by atoms with Crippen molar-refractivity contribution in [1.29, 1.82) is 0 Å². The minimum Gasteiger partial charge on any atom is -0.265 e. The standard InChI is InChI=1S/C16H16N6S/c1-10-6-4-5-7-12(10)9-14-17-18-16-22(14)20-15(23-16)13-8-11(2)19-21(13)3/h4-8H,9H2,1-3H3. The molecule has 0 N–H and O–H groups in total. The molecule has 4 aromatic rings. The Bertz CT molecular complexity index is 993. The van der Waals surface area contributed by atoms with Crippen LogP contribution >= 0.6 is 11.3 Å². The third-order valence-corrected chi connectivity index (χ3v) is 4.81. The molecule has 116 valence electrons. The third-order valence-electron chi connectivity index (χ3n) is 3.89. The highest BCUT2D eigenvalue weighted by molar-refractivity contribution is 7.19. The summed E-state index contributed by atoms with van der Waals surface area (Å²) in [6.07, 6.45) is 0.724. The first kappa shape index (κ1) is 14.1. The molecule has 0 amide bonds. The molecule has 0 aliphatic carbocycles. The van der Waals surface area contributed by atoms with Gasteiger partial charge >= 0.3 is 0 Å². The summed E-state index contributed by atoms with van der Waals surface area (Å²) < 4.78 is 3.69. The van der Waals surface area contributed by atoms with Gasteiger partial charge in [0, 0.05) is 13.5 Å². The van der Waals surface area contributed by atoms with Crippen LogP contribution in [0, 0.1) is 13.8 Å². The molecule has 0 unspecified atom stereocenters. The summed E-state index contributed by atoms with van der Waals surface area (Å²) in [5.74, 6) is 0.857. The van der Waals surface area contributed by atoms with E-state index in [1.807, 2.05) is 41.4 Å². The molecule has 6 nitrogen and oxygen atoms in total. The lowest BCUT2D eigenvalue weighted by atomic mass is 10.1. The summed E-state index contributed by atoms with van der Waals surface area (Å²) in [6.45, 7) is 4.09. The first-order chi connectivity index (χ1) is 11.1. The van der Waals surface area contributed by atoms with Gasteiger partial charge in [-0.2, -0.15) is 14.7 Å². The highest BCUT2D eigenvalue weighted by atomic mass is 32.1. The van der Waals surface area contributed by atoms with Gasteiger partial charge in [0.15, 0.2) is 10.8 Å². The highest BCUT2D eigenvalue weighted by Gasteiger charge is 2.16. The Labute approximate surface area is 137 Å². The fourth-order valence-corrected chi connectivity index (χ4v) is 3.57. The van der Waals surface area contributed by atoms with Gasteiger partial charge in [-0.3, -0.25) is 4.68 Å². The van der Waals surface area contributed by atoms with E-state index in [2.05, 4.69) is 34.4 Å². The average Bonchev–Trinajstić information content (AvgIpc) is 3.17. The molecule has 3 aromatic heterocycles. The number of nitrogens with zero attached hydrogens (tertiary/aromatic N) is 6. The fourth-order valence-electron chi connectivity index (χ4n) is 2.66. The maximum Gasteiger partial charge on any atom is 0.235 e. The van der Waals surface area contributed by atoms with Crippen LogP contribution in [-0.4, -0.2) is 29.6 Å². The van der Waals surface area contributed by atoms with Gasteiger partial charge in [0.05, 0.1) is 11.4 Å². The van der Waals surface area contributed by atoms with Gasteiger partial charge in [0.2, 0.25) is 4.96 Å². The lowest BCUT2D eigenvalue weighted by Gasteiger charge is -2.02. The Morgan fingerprint density at radius 3 is 2.65 bits per heavy atom. The normalized spacial score (nSPS) is 11.4. The molecule has 0 spiro atoms. The minimum absolute atomic E-state index is 0.724. The number of aryl methyl sites for hydroxylation is 3. The zero-order chi connectivity index (χ0) is 16.0. The van der Waals surface area contributed by atoms with Crippen LogP contribution in [0.3, 0.4) is 0 Å². The topological polar surface area (TPSA) is 60.9 Å². The molecule has 1 aromatic carbocycles. The number of rotatable bonds is 3. The summed E-state index contributed by atoms with van der Waals surface area (Å²) in [4.78, 5) is 0.808. The summed E-state index contributed by atoms with van der Waals surface area (Å²) in [5.41, 5.74) is 4.48. The number of fused-ring (bicyclic) bond motifs is 1. The molecule has 3 heterocycles. The van der Waals surface area contributed by atoms with Gasteiger partial charge in [0.1, 0.15) is 0 Å². The van der Waals surface area contributed by atoms with Crippen LogP contribution in [0.5, 0.6) is 0 Å². The van der Waals surface area contributed by atoms with Crippen molar-refractivity contribution in [2.24, 2.45) is 7.05 Å². The molecule has 0 radical (unpaired) electrons. The first-order valence-electron chi connectivity index (χ1n) is 7.38. The molecule has 0 saturated heterocycles. The van der Waals surface area contributed by atoms with Crippen molar-refractivity contribution in [2.75, 3.05) is 0 Å². The van der Waals surface area contributed by atoms with E-state index in [9.17, 15) is 0 Å². The van der Waals surface area contributed by atoms with E-state index in [0.717, 1.165) is 33.6 Å². The van der Waals surface area contributed by atoms with Crippen molar-refractivity contribution in [1.82, 2.24) is 29.6 Å². The molecular weight excluding hydrogens is 308 g/mol. The second kappa shape index (κ2) is 5.27. The Kier molecular flexibility index (Phi) is 3.23. The van der Waals surface area contributed by atoms with Crippen LogP contribution in [-0.2, 0) is 13.5 Å². The van der Waals surface area contributed by atoms with E-state index in [-0.39, 0.29) is 0 Å². The molecule has 7 heteroatoms. The van der Waals surface area contributed by atoms with E-state index in [1.54, 1.807) is 0 Å². The lowest BCUT2D eigenvalue weighted by molar-refractivity contribution is 0.759. The van der Waals surface area contributed by atoms with Crippen LogP contribution in [0.4, 0.5) is 0 Å². The minimum atomic E-state index is 0.724. The molecule has 23 heavy (non-hydrogen) atoms. The fraction of sp³-hybridized carbons (Fsp3) is 0.250. The lowest BCUT2D eigenvalue weighted by Crippen LogP contribution is -2.00. The van der Waals surface area contributed by atoms with Crippen molar-refractivity contribution < 1.29 is 0 Å². The largest absolute Gasteiger partial charge is 0.265 e. The average molecular weight is 324 g/mol. The smallest absolute Gasteiger partial charge is 0.235 e. The zero-order valence-corrected chi connectivity index (χ0v) is 14.0. The van der Waals surface area contributed by atoms with Crippen LogP contribution in [0.15, 0.2) is 30.3 Å². The Morgan fingerprint density at radius 1 is 1.09 bits per heavy atom. The van der Waals surface area contributed by atoms with E-state index >= 15 is 0 Å². The van der Waals surface area contributed by atoms with Crippen molar-refractivity contribution >= 4 is 16.3 Å². The molecule has 0 aliphatic heterocycles. The Hall–Kier alpha value is -2.54. The first-order valence-corrected chi connectivity index (χ1v) is 8.20. The molecule has 0 saturated carbocycles. The maximum atomic E-state index is 4.69. The molecular formula is C16H16N6S. The van der Waals surface area contributed by atoms with Crippen LogP contribution in [0.25, 0.3) is 15.7 Å². The van der Waals surface area contributed by atoms with Crippen molar-refractivity contribution in [3.05, 3.63) is 53.0 Å². The maximum absolute atomic E-state index is 4.69. The highest BCUT2D eigenvalue weighted by Crippen LogP contribution is 2.26. The second-order valence-corrected chi connectivity index (χ2v) is 6.57. The van der Waals surface area contributed by atoms with Gasteiger partial charge in [-0.15, -0.1) is 10.2 Å². The molecule has 0 bridgehead atoms. The van der Waals surface area contributed by atoms with Gasteiger partial charge in [0.25, 0.3) is 0 Å². The second-order valence-electron chi connectivity index (χ2n) is 5.62. The summed E-state index contributed by atoms with van der Waals surface area (Å²) in [7, 11) is 1.93. The monoisotopic (exact) mass is 324 g/mol. The molecule has 0 atom stereocenters. The van der Waals surface area contributed by atoms with Crippen molar-refractivity contribution in [3.63, 3.8) is 0 Å². The zero-order valence-electron chi connectivity index (χ0n) is 13.2. The van der Waals surface area contributed by atoms with Gasteiger partial charge in [-0.1, -0.05) is 35.6 Å². The number of benzene rings is 1. The van der Waals surface area contributed by atoms with E-state index < -0.39 is 0 Å². The van der Waals surface area contributed by atoms with E-state index in [1.165, 1.54) is 22.5 Å². The van der Waals surface area contributed by atoms with Crippen LogP contribution in [0.1, 0.15) is 22.6 Å². The number of hydrogen-bond acceptors (Lipinski definition) is 5. The van der Waals surface area contributed by atoms with Gasteiger partial charge in [-0.05, 0) is 31.0 Å². The predicted octanol–water partition coefficient (Wildman–Crippen LogP) is 2.79. The number of aromatic nitrogens is 6. The van der Waals surface area contributed by atoms with E-state index in [0.29, 0.717) is 0 Å². The third kappa shape index (κ3) is 2.43. The summed E-state index contributed by atoms with van der Waals surface area (Å²) in [6, 6.07) is 10.4. The van der Waals surface area contributed by atoms with Gasteiger partial charge < -0.3 is 0 Å². The van der Waals surface area contributed by atoms with Crippen LogP contribution < -0.4 is 0 Å². The Morgan fingerprint density at radius 2 is 1.91 bits per heavy atom. The predicted molar refractivity (Wildman–Crippen MR) is 89.6 cm³/mol. The SMILES string of the molecule is Cc1cc(-c2nn3c(Cc4ccccc4C)nnc3s2)n(C)n1. The summed E-state index contributed by atoms with van der Waals surface area (Å²) in [5, 5.41) is 18.5. The summed E-state index contributed by atoms with van der Waals surface area (Å²) >= 11 is 1.53. The van der Waals surface area contributed by atoms with Crippen LogP contribution in [0.2, 0.25) is 0 Å². The Balaban J connectivity index is 1.75. The molecule has 4 rings (SSSR count). The quantitative estimate of drug-likeness (QED) is 0.581. The van der Waals surface area contributed by atoms with Crippen molar-refractivity contribution in [2.45, 2.75) is 20.3 Å². The molecule has 0 fully saturated rings. The van der Waals surface area contributed by atoms with E-state index in [4.69, 9.17) is 5.10 Å². The molecule has 0 aliphatic rings. The number of hydrogen-bond donors (Lipinski definition) is 0. The van der Waals surface area contributed by atoms with Gasteiger partial charge in [-0.25, -0.2) is 0 Å². The van der Waals surface area contributed by atoms with Crippen molar-refractivity contribution in [3.8, 4) is 10.7 Å².